The molecule has 0 unspecified atom stereocenters. The number of rotatable bonds is 8. The second-order valence-corrected chi connectivity index (χ2v) is 7.54. The zero-order valence-electron chi connectivity index (χ0n) is 18.5. The molecular weight excluding hydrogens is 440 g/mol. The summed E-state index contributed by atoms with van der Waals surface area (Å²) in [7, 11) is 3.09. The number of halogens is 1. The molecule has 0 fully saturated rings. The third-order valence-electron chi connectivity index (χ3n) is 4.74. The summed E-state index contributed by atoms with van der Waals surface area (Å²) >= 11 is 6.35. The third-order valence-corrected chi connectivity index (χ3v) is 5.04. The summed E-state index contributed by atoms with van der Waals surface area (Å²) in [4.78, 5) is 12.2. The monoisotopic (exact) mass is 462 g/mol. The molecule has 0 spiro atoms. The summed E-state index contributed by atoms with van der Waals surface area (Å²) in [6.45, 7) is 1.77. The number of hydrogen-bond acceptors (Lipinski definition) is 5. The second kappa shape index (κ2) is 11.1. The van der Waals surface area contributed by atoms with Crippen LogP contribution in [0.25, 0.3) is 11.6 Å². The number of aryl methyl sites for hydroxylation is 1. The number of allylic oxidation sites excluding steroid dienone is 1. The van der Waals surface area contributed by atoms with Crippen LogP contribution in [0.3, 0.4) is 0 Å². The number of amides is 1. The van der Waals surface area contributed by atoms with Crippen molar-refractivity contribution in [1.29, 1.82) is 5.26 Å². The summed E-state index contributed by atoms with van der Waals surface area (Å²) in [6, 6.07) is 20.1. The van der Waals surface area contributed by atoms with E-state index in [4.69, 9.17) is 25.8 Å². The molecule has 0 saturated heterocycles. The molecule has 3 aromatic carbocycles. The van der Waals surface area contributed by atoms with Gasteiger partial charge in [0.15, 0.2) is 18.1 Å². The quantitative estimate of drug-likeness (QED) is 0.340. The van der Waals surface area contributed by atoms with Crippen LogP contribution in [-0.4, -0.2) is 26.7 Å². The minimum Gasteiger partial charge on any atom is -0.493 e. The van der Waals surface area contributed by atoms with Crippen molar-refractivity contribution in [1.82, 2.24) is 0 Å². The van der Waals surface area contributed by atoms with Crippen molar-refractivity contribution >= 4 is 34.8 Å². The van der Waals surface area contributed by atoms with Crippen LogP contribution in [0.15, 0.2) is 60.7 Å². The van der Waals surface area contributed by atoms with Crippen LogP contribution in [0.2, 0.25) is 5.02 Å². The molecule has 33 heavy (non-hydrogen) atoms. The zero-order chi connectivity index (χ0) is 23.8. The summed E-state index contributed by atoms with van der Waals surface area (Å²) in [5.74, 6) is 1.19. The highest BCUT2D eigenvalue weighted by Gasteiger charge is 2.10. The smallest absolute Gasteiger partial charge is 0.262 e. The lowest BCUT2D eigenvalue weighted by atomic mass is 10.0. The number of carbonyl (C=O) groups is 1. The molecule has 0 saturated carbocycles. The average Bonchev–Trinajstić information content (AvgIpc) is 2.81. The van der Waals surface area contributed by atoms with E-state index >= 15 is 0 Å². The Morgan fingerprint density at radius 2 is 1.79 bits per heavy atom. The number of ether oxygens (including phenoxy) is 3. The number of methoxy groups -OCH3 is 2. The van der Waals surface area contributed by atoms with Crippen LogP contribution in [-0.2, 0) is 4.79 Å². The van der Waals surface area contributed by atoms with Crippen LogP contribution >= 0.6 is 11.6 Å². The molecule has 0 radical (unpaired) electrons. The van der Waals surface area contributed by atoms with Crippen molar-refractivity contribution in [3.05, 3.63) is 82.4 Å². The maximum Gasteiger partial charge on any atom is 0.262 e. The van der Waals surface area contributed by atoms with E-state index in [9.17, 15) is 10.1 Å². The van der Waals surface area contributed by atoms with E-state index in [-0.39, 0.29) is 12.5 Å². The molecule has 3 rings (SSSR count). The summed E-state index contributed by atoms with van der Waals surface area (Å²) in [5.41, 5.74) is 3.57. The summed E-state index contributed by atoms with van der Waals surface area (Å²) in [6.07, 6.45) is 1.71. The van der Waals surface area contributed by atoms with Gasteiger partial charge in [-0.15, -0.1) is 0 Å². The fraction of sp³-hybridized carbons (Fsp3) is 0.154. The summed E-state index contributed by atoms with van der Waals surface area (Å²) < 4.78 is 16.1. The molecule has 0 aliphatic heterocycles. The fourth-order valence-corrected chi connectivity index (χ4v) is 3.38. The lowest BCUT2D eigenvalue weighted by Gasteiger charge is -2.10. The van der Waals surface area contributed by atoms with Crippen molar-refractivity contribution < 1.29 is 19.0 Å². The number of nitrogens with zero attached hydrogens (tertiary/aromatic N) is 1. The fourth-order valence-electron chi connectivity index (χ4n) is 3.14. The van der Waals surface area contributed by atoms with E-state index in [1.807, 2.05) is 31.2 Å². The van der Waals surface area contributed by atoms with Gasteiger partial charge >= 0.3 is 0 Å². The molecule has 0 bridgehead atoms. The molecule has 0 atom stereocenters. The van der Waals surface area contributed by atoms with Gasteiger partial charge in [0.05, 0.1) is 30.9 Å². The standard InChI is InChI=1S/C26H23ClN2O4/c1-17-5-4-6-21(11-17)29-26(30)16-33-23-9-7-18(13-22(23)27)12-20(15-28)19-8-10-24(31-2)25(14-19)32-3/h4-14H,16H2,1-3H3,(H,29,30)/b20-12+. The van der Waals surface area contributed by atoms with Crippen LogP contribution in [0.5, 0.6) is 17.2 Å². The van der Waals surface area contributed by atoms with E-state index in [2.05, 4.69) is 11.4 Å². The largest absolute Gasteiger partial charge is 0.493 e. The van der Waals surface area contributed by atoms with Gasteiger partial charge in [0, 0.05) is 5.69 Å². The topological polar surface area (TPSA) is 80.6 Å². The van der Waals surface area contributed by atoms with Gasteiger partial charge in [-0.3, -0.25) is 4.79 Å². The predicted octanol–water partition coefficient (Wildman–Crippen LogP) is 5.75. The Balaban J connectivity index is 1.71. The molecule has 7 heteroatoms. The lowest BCUT2D eigenvalue weighted by Crippen LogP contribution is -2.20. The van der Waals surface area contributed by atoms with Gasteiger partial charge in [0.25, 0.3) is 5.91 Å². The highest BCUT2D eigenvalue weighted by atomic mass is 35.5. The number of benzene rings is 3. The van der Waals surface area contributed by atoms with E-state index < -0.39 is 0 Å². The van der Waals surface area contributed by atoms with Gasteiger partial charge in [0.2, 0.25) is 0 Å². The highest BCUT2D eigenvalue weighted by Crippen LogP contribution is 2.32. The maximum absolute atomic E-state index is 12.2. The minimum atomic E-state index is -0.291. The first-order valence-corrected chi connectivity index (χ1v) is 10.4. The average molecular weight is 463 g/mol. The van der Waals surface area contributed by atoms with Crippen molar-refractivity contribution in [2.24, 2.45) is 0 Å². The van der Waals surface area contributed by atoms with Gasteiger partial charge in [-0.05, 0) is 72.2 Å². The molecular formula is C26H23ClN2O4. The van der Waals surface area contributed by atoms with Crippen molar-refractivity contribution in [2.75, 3.05) is 26.1 Å². The molecule has 0 aliphatic carbocycles. The van der Waals surface area contributed by atoms with Gasteiger partial charge in [-0.2, -0.15) is 5.26 Å². The minimum absolute atomic E-state index is 0.183. The number of nitrogens with one attached hydrogen (secondary N) is 1. The third kappa shape index (κ3) is 6.28. The van der Waals surface area contributed by atoms with Crippen LogP contribution in [0.1, 0.15) is 16.7 Å². The van der Waals surface area contributed by atoms with Gasteiger partial charge in [0.1, 0.15) is 5.75 Å². The van der Waals surface area contributed by atoms with Gasteiger partial charge in [-0.1, -0.05) is 29.8 Å². The van der Waals surface area contributed by atoms with E-state index in [0.717, 1.165) is 5.56 Å². The van der Waals surface area contributed by atoms with E-state index in [1.165, 1.54) is 7.11 Å². The Hall–Kier alpha value is -3.95. The molecule has 1 amide bonds. The normalized spacial score (nSPS) is 10.8. The number of nitriles is 1. The lowest BCUT2D eigenvalue weighted by molar-refractivity contribution is -0.118. The van der Waals surface area contributed by atoms with Crippen molar-refractivity contribution in [3.8, 4) is 23.3 Å². The summed E-state index contributed by atoms with van der Waals surface area (Å²) in [5, 5.41) is 12.8. The SMILES string of the molecule is COc1ccc(/C(C#N)=C/c2ccc(OCC(=O)Nc3cccc(C)c3)c(Cl)c2)cc1OC. The molecule has 6 nitrogen and oxygen atoms in total. The first-order chi connectivity index (χ1) is 15.9. The number of anilines is 1. The van der Waals surface area contributed by atoms with E-state index in [1.54, 1.807) is 49.6 Å². The number of carbonyl (C=O) groups excluding carboxylic acids is 1. The van der Waals surface area contributed by atoms with E-state index in [0.29, 0.717) is 44.7 Å². The number of hydrogen-bond donors (Lipinski definition) is 1. The first-order valence-electron chi connectivity index (χ1n) is 10.1. The first kappa shape index (κ1) is 23.7. The Morgan fingerprint density at radius 1 is 1.03 bits per heavy atom. The highest BCUT2D eigenvalue weighted by molar-refractivity contribution is 6.32. The Kier molecular flexibility index (Phi) is 7.96. The molecule has 0 heterocycles. The molecule has 1 N–H and O–H groups in total. The van der Waals surface area contributed by atoms with Crippen molar-refractivity contribution in [2.45, 2.75) is 6.92 Å². The van der Waals surface area contributed by atoms with Gasteiger partial charge in [-0.25, -0.2) is 0 Å². The zero-order valence-corrected chi connectivity index (χ0v) is 19.3. The van der Waals surface area contributed by atoms with Crippen molar-refractivity contribution in [3.63, 3.8) is 0 Å². The second-order valence-electron chi connectivity index (χ2n) is 7.14. The van der Waals surface area contributed by atoms with Gasteiger partial charge < -0.3 is 19.5 Å². The molecule has 168 valence electrons. The Bertz CT molecular complexity index is 1230. The van der Waals surface area contributed by atoms with Crippen LogP contribution in [0, 0.1) is 18.3 Å². The maximum atomic E-state index is 12.2. The molecule has 3 aromatic rings. The molecule has 0 aliphatic rings. The molecule has 0 aromatic heterocycles. The predicted molar refractivity (Wildman–Crippen MR) is 130 cm³/mol. The Morgan fingerprint density at radius 3 is 2.45 bits per heavy atom. The van der Waals surface area contributed by atoms with Crippen LogP contribution < -0.4 is 19.5 Å². The Labute approximate surface area is 198 Å². The van der Waals surface area contributed by atoms with Crippen LogP contribution in [0.4, 0.5) is 5.69 Å².